The molecule has 0 bridgehead atoms. The summed E-state index contributed by atoms with van der Waals surface area (Å²) in [6, 6.07) is 22.4. The molecule has 0 aliphatic rings. The molecular formula is C21H15ClFN3O. The molecule has 0 saturated heterocycles. The third-order valence-electron chi connectivity index (χ3n) is 4.10. The van der Waals surface area contributed by atoms with Crippen LogP contribution in [0.2, 0.25) is 5.02 Å². The van der Waals surface area contributed by atoms with Gasteiger partial charge in [0.1, 0.15) is 11.9 Å². The zero-order valence-electron chi connectivity index (χ0n) is 14.1. The highest BCUT2D eigenvalue weighted by Crippen LogP contribution is 2.32. The molecule has 0 radical (unpaired) electrons. The number of aromatic nitrogens is 2. The molecule has 4 rings (SSSR count). The van der Waals surface area contributed by atoms with Gasteiger partial charge in [0.25, 0.3) is 0 Å². The van der Waals surface area contributed by atoms with Crippen LogP contribution in [0.4, 0.5) is 10.1 Å². The van der Waals surface area contributed by atoms with Crippen LogP contribution in [0.1, 0.15) is 17.5 Å². The highest BCUT2D eigenvalue weighted by Gasteiger charge is 2.24. The standard InChI is InChI=1S/C21H15ClFN3O/c22-16-11-5-7-13-18(16)24-19(15-10-4-6-12-17(15)23)21-26-25-20(27-21)14-8-2-1-3-9-14/h1-13,19,24H. The number of halogens is 2. The second-order valence-corrected chi connectivity index (χ2v) is 6.30. The van der Waals surface area contributed by atoms with E-state index >= 15 is 0 Å². The topological polar surface area (TPSA) is 51.0 Å². The lowest BCUT2D eigenvalue weighted by atomic mass is 10.1. The van der Waals surface area contributed by atoms with E-state index < -0.39 is 6.04 Å². The fourth-order valence-corrected chi connectivity index (χ4v) is 2.95. The van der Waals surface area contributed by atoms with Crippen molar-refractivity contribution in [1.29, 1.82) is 0 Å². The number of hydrogen-bond donors (Lipinski definition) is 1. The SMILES string of the molecule is Fc1ccccc1C(Nc1ccccc1Cl)c1nnc(-c2ccccc2)o1. The fraction of sp³-hybridized carbons (Fsp3) is 0.0476. The summed E-state index contributed by atoms with van der Waals surface area (Å²) in [5.74, 6) is 0.244. The molecule has 0 aliphatic carbocycles. The monoisotopic (exact) mass is 379 g/mol. The number of nitrogens with zero attached hydrogens (tertiary/aromatic N) is 2. The summed E-state index contributed by atoms with van der Waals surface area (Å²) in [4.78, 5) is 0. The molecule has 0 fully saturated rings. The second kappa shape index (κ2) is 7.60. The Hall–Kier alpha value is -3.18. The van der Waals surface area contributed by atoms with E-state index in [9.17, 15) is 4.39 Å². The Morgan fingerprint density at radius 1 is 0.852 bits per heavy atom. The van der Waals surface area contributed by atoms with Crippen LogP contribution >= 0.6 is 11.6 Å². The van der Waals surface area contributed by atoms with Gasteiger partial charge < -0.3 is 9.73 Å². The van der Waals surface area contributed by atoms with Gasteiger partial charge >= 0.3 is 0 Å². The maximum absolute atomic E-state index is 14.5. The molecule has 0 aliphatic heterocycles. The summed E-state index contributed by atoms with van der Waals surface area (Å²) in [5.41, 5.74) is 1.83. The first-order valence-electron chi connectivity index (χ1n) is 8.36. The normalized spacial score (nSPS) is 11.9. The molecule has 0 saturated carbocycles. The minimum Gasteiger partial charge on any atom is -0.418 e. The number of para-hydroxylation sites is 1. The van der Waals surface area contributed by atoms with Gasteiger partial charge in [0.15, 0.2) is 0 Å². The summed E-state index contributed by atoms with van der Waals surface area (Å²) in [6.07, 6.45) is 0. The smallest absolute Gasteiger partial charge is 0.247 e. The van der Waals surface area contributed by atoms with Crippen molar-refractivity contribution in [3.8, 4) is 11.5 Å². The summed E-state index contributed by atoms with van der Waals surface area (Å²) in [6.45, 7) is 0. The maximum atomic E-state index is 14.5. The van der Waals surface area contributed by atoms with Crippen LogP contribution in [0.25, 0.3) is 11.5 Å². The molecule has 1 heterocycles. The van der Waals surface area contributed by atoms with Gasteiger partial charge in [-0.25, -0.2) is 4.39 Å². The van der Waals surface area contributed by atoms with Crippen LogP contribution in [-0.4, -0.2) is 10.2 Å². The van der Waals surface area contributed by atoms with Crippen molar-refractivity contribution in [2.24, 2.45) is 0 Å². The van der Waals surface area contributed by atoms with E-state index in [1.165, 1.54) is 6.07 Å². The van der Waals surface area contributed by atoms with Crippen molar-refractivity contribution in [1.82, 2.24) is 10.2 Å². The molecule has 27 heavy (non-hydrogen) atoms. The summed E-state index contributed by atoms with van der Waals surface area (Å²) >= 11 is 6.26. The van der Waals surface area contributed by atoms with Gasteiger partial charge in [-0.2, -0.15) is 0 Å². The number of benzene rings is 3. The average molecular weight is 380 g/mol. The van der Waals surface area contributed by atoms with E-state index in [0.717, 1.165) is 5.56 Å². The molecule has 1 atom stereocenters. The minimum absolute atomic E-state index is 0.249. The van der Waals surface area contributed by atoms with Crippen molar-refractivity contribution in [2.75, 3.05) is 5.32 Å². The third kappa shape index (κ3) is 3.68. The van der Waals surface area contributed by atoms with Gasteiger partial charge in [-0.05, 0) is 30.3 Å². The van der Waals surface area contributed by atoms with E-state index in [2.05, 4.69) is 15.5 Å². The zero-order valence-corrected chi connectivity index (χ0v) is 14.9. The molecular weight excluding hydrogens is 365 g/mol. The van der Waals surface area contributed by atoms with Crippen molar-refractivity contribution in [2.45, 2.75) is 6.04 Å². The fourth-order valence-electron chi connectivity index (χ4n) is 2.76. The van der Waals surface area contributed by atoms with Crippen LogP contribution in [0.5, 0.6) is 0 Å². The lowest BCUT2D eigenvalue weighted by Crippen LogP contribution is -2.14. The van der Waals surface area contributed by atoms with Gasteiger partial charge in [-0.15, -0.1) is 10.2 Å². The average Bonchev–Trinajstić information content (AvgIpc) is 3.19. The molecule has 1 unspecified atom stereocenters. The predicted octanol–water partition coefficient (Wildman–Crippen LogP) is 5.73. The highest BCUT2D eigenvalue weighted by molar-refractivity contribution is 6.33. The van der Waals surface area contributed by atoms with Gasteiger partial charge in [0.2, 0.25) is 11.8 Å². The van der Waals surface area contributed by atoms with Crippen molar-refractivity contribution >= 4 is 17.3 Å². The zero-order chi connectivity index (χ0) is 18.6. The molecule has 0 amide bonds. The quantitative estimate of drug-likeness (QED) is 0.481. The first-order chi connectivity index (χ1) is 13.2. The largest absolute Gasteiger partial charge is 0.418 e. The molecule has 4 nitrogen and oxygen atoms in total. The number of anilines is 1. The van der Waals surface area contributed by atoms with E-state index in [4.69, 9.17) is 16.0 Å². The molecule has 3 aromatic carbocycles. The van der Waals surface area contributed by atoms with Gasteiger partial charge in [-0.1, -0.05) is 60.1 Å². The summed E-state index contributed by atoms with van der Waals surface area (Å²) in [7, 11) is 0. The molecule has 6 heteroatoms. The van der Waals surface area contributed by atoms with Gasteiger partial charge in [-0.3, -0.25) is 0 Å². The van der Waals surface area contributed by atoms with Crippen LogP contribution in [0, 0.1) is 5.82 Å². The molecule has 4 aromatic rings. The van der Waals surface area contributed by atoms with Gasteiger partial charge in [0, 0.05) is 11.1 Å². The Balaban J connectivity index is 1.76. The highest BCUT2D eigenvalue weighted by atomic mass is 35.5. The Bertz CT molecular complexity index is 1050. The number of hydrogen-bond acceptors (Lipinski definition) is 4. The number of nitrogens with one attached hydrogen (secondary N) is 1. The Kier molecular flexibility index (Phi) is 4.85. The van der Waals surface area contributed by atoms with Gasteiger partial charge in [0.05, 0.1) is 10.7 Å². The first-order valence-corrected chi connectivity index (χ1v) is 8.74. The van der Waals surface area contributed by atoms with Crippen LogP contribution in [0.15, 0.2) is 83.3 Å². The second-order valence-electron chi connectivity index (χ2n) is 5.89. The van der Waals surface area contributed by atoms with E-state index in [-0.39, 0.29) is 11.7 Å². The van der Waals surface area contributed by atoms with Crippen LogP contribution in [-0.2, 0) is 0 Å². The molecule has 134 valence electrons. The Morgan fingerprint density at radius 3 is 2.33 bits per heavy atom. The maximum Gasteiger partial charge on any atom is 0.247 e. The summed E-state index contributed by atoms with van der Waals surface area (Å²) in [5, 5.41) is 12.0. The van der Waals surface area contributed by atoms with E-state index in [1.807, 2.05) is 48.5 Å². The lowest BCUT2D eigenvalue weighted by Gasteiger charge is -2.18. The molecule has 1 aromatic heterocycles. The predicted molar refractivity (Wildman–Crippen MR) is 103 cm³/mol. The number of rotatable bonds is 5. The lowest BCUT2D eigenvalue weighted by molar-refractivity contribution is 0.485. The summed E-state index contributed by atoms with van der Waals surface area (Å²) < 4.78 is 20.4. The van der Waals surface area contributed by atoms with Crippen LogP contribution in [0.3, 0.4) is 0 Å². The van der Waals surface area contributed by atoms with Crippen molar-refractivity contribution < 1.29 is 8.81 Å². The van der Waals surface area contributed by atoms with E-state index in [0.29, 0.717) is 22.2 Å². The third-order valence-corrected chi connectivity index (χ3v) is 4.43. The van der Waals surface area contributed by atoms with Crippen molar-refractivity contribution in [3.63, 3.8) is 0 Å². The first kappa shape index (κ1) is 17.2. The Morgan fingerprint density at radius 2 is 1.56 bits per heavy atom. The van der Waals surface area contributed by atoms with E-state index in [1.54, 1.807) is 24.3 Å². The Labute approximate surface area is 160 Å². The van der Waals surface area contributed by atoms with Crippen LogP contribution < -0.4 is 5.32 Å². The molecule has 1 N–H and O–H groups in total. The minimum atomic E-state index is -0.684. The van der Waals surface area contributed by atoms with Crippen molar-refractivity contribution in [3.05, 3.63) is 101 Å². The molecule has 0 spiro atoms.